The van der Waals surface area contributed by atoms with E-state index in [9.17, 15) is 14.4 Å². The molecule has 0 atom stereocenters. The van der Waals surface area contributed by atoms with Gasteiger partial charge in [0.25, 0.3) is 0 Å². The number of aromatic nitrogens is 1. The number of ether oxygens (including phenoxy) is 1. The second-order valence-electron chi connectivity index (χ2n) is 8.90. The first-order valence-corrected chi connectivity index (χ1v) is 12.5. The Balaban J connectivity index is 1.12. The molecule has 4 rings (SSSR count). The van der Waals surface area contributed by atoms with E-state index in [1.165, 1.54) is 6.07 Å². The molecule has 4 aromatic rings. The number of carboxylic acid groups (broad SMARTS) is 1. The third kappa shape index (κ3) is 7.78. The number of amides is 2. The van der Waals surface area contributed by atoms with E-state index in [0.717, 1.165) is 22.3 Å². The van der Waals surface area contributed by atoms with Crippen LogP contribution in [0.2, 0.25) is 0 Å². The van der Waals surface area contributed by atoms with Crippen molar-refractivity contribution in [3.8, 4) is 28.2 Å². The summed E-state index contributed by atoms with van der Waals surface area (Å²) in [6.45, 7) is 2.45. The van der Waals surface area contributed by atoms with Crippen LogP contribution in [-0.2, 0) is 9.59 Å². The molecule has 0 saturated carbocycles. The highest BCUT2D eigenvalue weighted by Gasteiger charge is 2.14. The maximum absolute atomic E-state index is 12.2. The molecule has 0 aliphatic heterocycles. The normalized spacial score (nSPS) is 10.6. The van der Waals surface area contributed by atoms with E-state index in [0.29, 0.717) is 30.2 Å². The average Bonchev–Trinajstić information content (AvgIpc) is 3.43. The minimum absolute atomic E-state index is 0.148. The molecular formula is C30H29N3O6. The lowest BCUT2D eigenvalue weighted by molar-refractivity contribution is -0.121. The van der Waals surface area contributed by atoms with Gasteiger partial charge in [-0.1, -0.05) is 47.6 Å². The minimum Gasteiger partial charge on any atom is -0.494 e. The Kier molecular flexibility index (Phi) is 9.07. The Morgan fingerprint density at radius 3 is 2.33 bits per heavy atom. The van der Waals surface area contributed by atoms with E-state index in [2.05, 4.69) is 15.8 Å². The number of nitrogens with zero attached hydrogens (tertiary/aromatic N) is 1. The van der Waals surface area contributed by atoms with Crippen molar-refractivity contribution in [3.63, 3.8) is 0 Å². The topological polar surface area (TPSA) is 131 Å². The molecule has 0 radical (unpaired) electrons. The SMILES string of the molecule is Cc1cc(OCCCC(=O)NCCC(=O)Nc2ccc(-c3ccccc3)cc2)ccc1-c1cc(C(=O)O)no1. The zero-order valence-electron chi connectivity index (χ0n) is 21.5. The third-order valence-corrected chi connectivity index (χ3v) is 5.96. The predicted octanol–water partition coefficient (Wildman–Crippen LogP) is 5.32. The average molecular weight is 528 g/mol. The molecule has 0 aliphatic rings. The van der Waals surface area contributed by atoms with Crippen LogP contribution in [0.25, 0.3) is 22.5 Å². The Labute approximate surface area is 225 Å². The van der Waals surface area contributed by atoms with Crippen molar-refractivity contribution in [3.05, 3.63) is 90.1 Å². The summed E-state index contributed by atoms with van der Waals surface area (Å²) in [6, 6.07) is 24.3. The quantitative estimate of drug-likeness (QED) is 0.213. The highest BCUT2D eigenvalue weighted by molar-refractivity contribution is 5.91. The molecule has 3 N–H and O–H groups in total. The van der Waals surface area contributed by atoms with Crippen LogP contribution in [0.15, 0.2) is 83.4 Å². The van der Waals surface area contributed by atoms with Gasteiger partial charge in [-0.05, 0) is 60.4 Å². The summed E-state index contributed by atoms with van der Waals surface area (Å²) in [5.41, 5.74) is 4.28. The van der Waals surface area contributed by atoms with Gasteiger partial charge in [0.15, 0.2) is 11.5 Å². The van der Waals surface area contributed by atoms with Crippen LogP contribution in [0, 0.1) is 6.92 Å². The summed E-state index contributed by atoms with van der Waals surface area (Å²) in [7, 11) is 0. The summed E-state index contributed by atoms with van der Waals surface area (Å²) in [5.74, 6) is -0.482. The van der Waals surface area contributed by atoms with Gasteiger partial charge < -0.3 is 25.0 Å². The van der Waals surface area contributed by atoms with Gasteiger partial charge in [-0.15, -0.1) is 0 Å². The predicted molar refractivity (Wildman–Crippen MR) is 146 cm³/mol. The molecule has 0 aliphatic carbocycles. The van der Waals surface area contributed by atoms with Gasteiger partial charge in [0, 0.05) is 36.7 Å². The second kappa shape index (κ2) is 13.0. The number of benzene rings is 3. The smallest absolute Gasteiger partial charge is 0.358 e. The summed E-state index contributed by atoms with van der Waals surface area (Å²) in [5, 5.41) is 18.1. The van der Waals surface area contributed by atoms with Crippen molar-refractivity contribution in [2.75, 3.05) is 18.5 Å². The number of hydrogen-bond donors (Lipinski definition) is 3. The van der Waals surface area contributed by atoms with Crippen molar-refractivity contribution in [1.29, 1.82) is 0 Å². The Morgan fingerprint density at radius 1 is 0.897 bits per heavy atom. The lowest BCUT2D eigenvalue weighted by Gasteiger charge is -2.10. The van der Waals surface area contributed by atoms with Crippen LogP contribution in [-0.4, -0.2) is 41.2 Å². The molecule has 3 aromatic carbocycles. The molecule has 200 valence electrons. The van der Waals surface area contributed by atoms with Crippen LogP contribution < -0.4 is 15.4 Å². The first kappa shape index (κ1) is 27.1. The molecular weight excluding hydrogens is 498 g/mol. The molecule has 39 heavy (non-hydrogen) atoms. The number of rotatable bonds is 12. The first-order valence-electron chi connectivity index (χ1n) is 12.5. The largest absolute Gasteiger partial charge is 0.494 e. The van der Waals surface area contributed by atoms with E-state index in [-0.39, 0.29) is 36.9 Å². The monoisotopic (exact) mass is 527 g/mol. The number of anilines is 1. The number of aromatic carboxylic acids is 1. The fourth-order valence-electron chi connectivity index (χ4n) is 3.93. The van der Waals surface area contributed by atoms with Gasteiger partial charge in [0.05, 0.1) is 6.61 Å². The van der Waals surface area contributed by atoms with E-state index in [4.69, 9.17) is 14.4 Å². The second-order valence-corrected chi connectivity index (χ2v) is 8.90. The number of aryl methyl sites for hydroxylation is 1. The molecule has 2 amide bonds. The van der Waals surface area contributed by atoms with Gasteiger partial charge >= 0.3 is 5.97 Å². The molecule has 1 aromatic heterocycles. The summed E-state index contributed by atoms with van der Waals surface area (Å²) in [4.78, 5) is 35.3. The number of nitrogens with one attached hydrogen (secondary N) is 2. The third-order valence-electron chi connectivity index (χ3n) is 5.96. The van der Waals surface area contributed by atoms with E-state index < -0.39 is 5.97 Å². The number of hydrogen-bond acceptors (Lipinski definition) is 6. The molecule has 0 saturated heterocycles. The molecule has 0 spiro atoms. The Hall–Kier alpha value is -4.92. The Bertz CT molecular complexity index is 1430. The molecule has 9 heteroatoms. The van der Waals surface area contributed by atoms with Crippen molar-refractivity contribution >= 4 is 23.5 Å². The van der Waals surface area contributed by atoms with Crippen molar-refractivity contribution in [2.24, 2.45) is 0 Å². The number of carbonyl (C=O) groups excluding carboxylic acids is 2. The fourth-order valence-corrected chi connectivity index (χ4v) is 3.93. The summed E-state index contributed by atoms with van der Waals surface area (Å²) in [6.07, 6.45) is 0.958. The highest BCUT2D eigenvalue weighted by Crippen LogP contribution is 2.27. The van der Waals surface area contributed by atoms with E-state index >= 15 is 0 Å². The first-order chi connectivity index (χ1) is 18.9. The van der Waals surface area contributed by atoms with Gasteiger partial charge in [0.2, 0.25) is 11.8 Å². The lowest BCUT2D eigenvalue weighted by atomic mass is 10.1. The summed E-state index contributed by atoms with van der Waals surface area (Å²) >= 11 is 0. The molecule has 9 nitrogen and oxygen atoms in total. The van der Waals surface area contributed by atoms with Gasteiger partial charge in [-0.2, -0.15) is 0 Å². The maximum atomic E-state index is 12.2. The van der Waals surface area contributed by atoms with Crippen molar-refractivity contribution < 1.29 is 28.8 Å². The minimum atomic E-state index is -1.15. The molecule has 0 fully saturated rings. The van der Waals surface area contributed by atoms with Crippen LogP contribution >= 0.6 is 0 Å². The Morgan fingerprint density at radius 2 is 1.64 bits per heavy atom. The highest BCUT2D eigenvalue weighted by atomic mass is 16.5. The van der Waals surface area contributed by atoms with E-state index in [1.807, 2.05) is 67.6 Å². The zero-order chi connectivity index (χ0) is 27.6. The lowest BCUT2D eigenvalue weighted by Crippen LogP contribution is -2.27. The van der Waals surface area contributed by atoms with Crippen molar-refractivity contribution in [2.45, 2.75) is 26.2 Å². The summed E-state index contributed by atoms with van der Waals surface area (Å²) < 4.78 is 10.8. The van der Waals surface area contributed by atoms with Crippen LogP contribution in [0.5, 0.6) is 5.75 Å². The number of carbonyl (C=O) groups is 3. The maximum Gasteiger partial charge on any atom is 0.358 e. The van der Waals surface area contributed by atoms with Gasteiger partial charge in [-0.3, -0.25) is 9.59 Å². The van der Waals surface area contributed by atoms with Crippen LogP contribution in [0.3, 0.4) is 0 Å². The molecule has 1 heterocycles. The zero-order valence-corrected chi connectivity index (χ0v) is 21.5. The van der Waals surface area contributed by atoms with Crippen molar-refractivity contribution in [1.82, 2.24) is 10.5 Å². The fraction of sp³-hybridized carbons (Fsp3) is 0.200. The number of carboxylic acids is 1. The molecule has 0 bridgehead atoms. The van der Waals surface area contributed by atoms with E-state index in [1.54, 1.807) is 12.1 Å². The van der Waals surface area contributed by atoms with Crippen LogP contribution in [0.1, 0.15) is 35.3 Å². The molecule has 0 unspecified atom stereocenters. The van der Waals surface area contributed by atoms with Crippen LogP contribution in [0.4, 0.5) is 5.69 Å². The van der Waals surface area contributed by atoms with Gasteiger partial charge in [0.1, 0.15) is 5.75 Å². The van der Waals surface area contributed by atoms with Gasteiger partial charge in [-0.25, -0.2) is 4.79 Å². The standard InChI is InChI=1S/C30H29N3O6/c1-20-18-24(13-14-25(20)27-19-26(30(36)37)33-39-27)38-17-5-8-28(34)31-16-15-29(35)32-23-11-9-22(10-12-23)21-6-3-2-4-7-21/h2-4,6-7,9-14,18-19H,5,8,15-17H2,1H3,(H,31,34)(H,32,35)(H,36,37).